The molecule has 17 heavy (non-hydrogen) atoms. The first-order valence-electron chi connectivity index (χ1n) is 5.28. The molecule has 0 spiro atoms. The molecular formula is C12H14N4O. The summed E-state index contributed by atoms with van der Waals surface area (Å²) in [6.45, 7) is 2.63. The Balaban J connectivity index is 2.22. The number of aryl methyl sites for hydroxylation is 1. The van der Waals surface area contributed by atoms with E-state index in [0.717, 1.165) is 11.4 Å². The lowest BCUT2D eigenvalue weighted by molar-refractivity contribution is 0.0953. The Hall–Kier alpha value is -2.14. The molecular weight excluding hydrogens is 216 g/mol. The van der Waals surface area contributed by atoms with E-state index < -0.39 is 0 Å². The van der Waals surface area contributed by atoms with Gasteiger partial charge in [-0.3, -0.25) is 10.2 Å². The number of hydrazine groups is 1. The van der Waals surface area contributed by atoms with Crippen LogP contribution >= 0.6 is 0 Å². The molecule has 0 unspecified atom stereocenters. The number of rotatable bonds is 3. The van der Waals surface area contributed by atoms with Crippen molar-refractivity contribution in [1.29, 1.82) is 0 Å². The number of nitrogen functional groups attached to an aromatic ring is 1. The molecule has 0 fully saturated rings. The van der Waals surface area contributed by atoms with Crippen molar-refractivity contribution >= 4 is 5.91 Å². The number of hydrogen-bond donors (Lipinski definition) is 2. The third-order valence-corrected chi connectivity index (χ3v) is 2.60. The fraction of sp³-hybridized carbons (Fsp3) is 0.167. The number of nitrogens with zero attached hydrogens (tertiary/aromatic N) is 2. The molecule has 0 aliphatic heterocycles. The minimum atomic E-state index is -0.283. The Morgan fingerprint density at radius 3 is 3.00 bits per heavy atom. The van der Waals surface area contributed by atoms with Crippen LogP contribution < -0.4 is 11.3 Å². The van der Waals surface area contributed by atoms with Gasteiger partial charge < -0.3 is 4.57 Å². The van der Waals surface area contributed by atoms with E-state index in [4.69, 9.17) is 5.84 Å². The van der Waals surface area contributed by atoms with Crippen molar-refractivity contribution < 1.29 is 4.79 Å². The standard InChI is InChI=1S/C12H14N4O/c1-9-14-5-6-16(9)8-10-3-2-4-11(7-10)12(17)15-13/h2-7H,8,13H2,1H3,(H,15,17). The van der Waals surface area contributed by atoms with E-state index in [0.29, 0.717) is 12.1 Å². The molecule has 0 radical (unpaired) electrons. The highest BCUT2D eigenvalue weighted by molar-refractivity contribution is 5.93. The van der Waals surface area contributed by atoms with Crippen molar-refractivity contribution in [3.05, 3.63) is 53.6 Å². The fourth-order valence-electron chi connectivity index (χ4n) is 1.66. The van der Waals surface area contributed by atoms with Gasteiger partial charge in [0, 0.05) is 24.5 Å². The molecule has 0 atom stereocenters. The van der Waals surface area contributed by atoms with Gasteiger partial charge in [0.05, 0.1) is 0 Å². The van der Waals surface area contributed by atoms with Crippen LogP contribution in [0.2, 0.25) is 0 Å². The lowest BCUT2D eigenvalue weighted by Gasteiger charge is -2.06. The predicted octanol–water partition coefficient (Wildman–Crippen LogP) is 0.843. The molecule has 1 heterocycles. The van der Waals surface area contributed by atoms with Crippen LogP contribution in [0, 0.1) is 6.92 Å². The number of carbonyl (C=O) groups excluding carboxylic acids is 1. The maximum Gasteiger partial charge on any atom is 0.265 e. The molecule has 0 aliphatic carbocycles. The van der Waals surface area contributed by atoms with E-state index in [1.807, 2.05) is 35.9 Å². The van der Waals surface area contributed by atoms with Crippen LogP contribution in [0.25, 0.3) is 0 Å². The van der Waals surface area contributed by atoms with E-state index >= 15 is 0 Å². The molecule has 2 rings (SSSR count). The molecule has 5 nitrogen and oxygen atoms in total. The Kier molecular flexibility index (Phi) is 3.20. The van der Waals surface area contributed by atoms with Gasteiger partial charge in [-0.15, -0.1) is 0 Å². The van der Waals surface area contributed by atoms with E-state index in [1.54, 1.807) is 12.3 Å². The van der Waals surface area contributed by atoms with Gasteiger partial charge in [-0.1, -0.05) is 12.1 Å². The molecule has 0 saturated heterocycles. The molecule has 0 saturated carbocycles. The van der Waals surface area contributed by atoms with Gasteiger partial charge in [0.1, 0.15) is 5.82 Å². The minimum Gasteiger partial charge on any atom is -0.331 e. The molecule has 88 valence electrons. The van der Waals surface area contributed by atoms with Crippen molar-refractivity contribution in [3.8, 4) is 0 Å². The summed E-state index contributed by atoms with van der Waals surface area (Å²) in [4.78, 5) is 15.5. The van der Waals surface area contributed by atoms with Crippen LogP contribution in [0.3, 0.4) is 0 Å². The second-order valence-corrected chi connectivity index (χ2v) is 3.78. The lowest BCUT2D eigenvalue weighted by atomic mass is 10.1. The van der Waals surface area contributed by atoms with Crippen molar-refractivity contribution in [3.63, 3.8) is 0 Å². The Morgan fingerprint density at radius 2 is 2.35 bits per heavy atom. The second-order valence-electron chi connectivity index (χ2n) is 3.78. The first-order valence-corrected chi connectivity index (χ1v) is 5.28. The first kappa shape index (κ1) is 11.3. The molecule has 0 aliphatic rings. The lowest BCUT2D eigenvalue weighted by Crippen LogP contribution is -2.30. The summed E-state index contributed by atoms with van der Waals surface area (Å²) in [6.07, 6.45) is 3.66. The van der Waals surface area contributed by atoms with E-state index in [1.165, 1.54) is 0 Å². The zero-order valence-electron chi connectivity index (χ0n) is 9.55. The van der Waals surface area contributed by atoms with Crippen LogP contribution in [0.5, 0.6) is 0 Å². The number of benzene rings is 1. The number of imidazole rings is 1. The summed E-state index contributed by atoms with van der Waals surface area (Å²) in [6, 6.07) is 7.35. The molecule has 3 N–H and O–H groups in total. The molecule has 1 amide bonds. The van der Waals surface area contributed by atoms with E-state index in [9.17, 15) is 4.79 Å². The zero-order chi connectivity index (χ0) is 12.3. The van der Waals surface area contributed by atoms with Crippen LogP contribution in [0.15, 0.2) is 36.7 Å². The fourth-order valence-corrected chi connectivity index (χ4v) is 1.66. The average molecular weight is 230 g/mol. The van der Waals surface area contributed by atoms with Gasteiger partial charge in [0.2, 0.25) is 0 Å². The van der Waals surface area contributed by atoms with E-state index in [2.05, 4.69) is 10.4 Å². The van der Waals surface area contributed by atoms with Crippen molar-refractivity contribution in [1.82, 2.24) is 15.0 Å². The SMILES string of the molecule is Cc1nccn1Cc1cccc(C(=O)NN)c1. The van der Waals surface area contributed by atoms with Gasteiger partial charge in [0.25, 0.3) is 5.91 Å². The number of nitrogens with one attached hydrogen (secondary N) is 1. The highest BCUT2D eigenvalue weighted by atomic mass is 16.2. The number of aromatic nitrogens is 2. The third-order valence-electron chi connectivity index (χ3n) is 2.60. The van der Waals surface area contributed by atoms with Gasteiger partial charge >= 0.3 is 0 Å². The highest BCUT2D eigenvalue weighted by Gasteiger charge is 2.05. The normalized spacial score (nSPS) is 10.2. The van der Waals surface area contributed by atoms with Gasteiger partial charge in [-0.25, -0.2) is 10.8 Å². The minimum absolute atomic E-state index is 0.283. The van der Waals surface area contributed by atoms with Crippen molar-refractivity contribution in [2.24, 2.45) is 5.84 Å². The maximum atomic E-state index is 11.4. The summed E-state index contributed by atoms with van der Waals surface area (Å²) in [5.41, 5.74) is 3.71. The summed E-state index contributed by atoms with van der Waals surface area (Å²) in [7, 11) is 0. The van der Waals surface area contributed by atoms with Gasteiger partial charge in [-0.2, -0.15) is 0 Å². The largest absolute Gasteiger partial charge is 0.331 e. The summed E-state index contributed by atoms with van der Waals surface area (Å²) in [5, 5.41) is 0. The monoisotopic (exact) mass is 230 g/mol. The molecule has 1 aromatic heterocycles. The van der Waals surface area contributed by atoms with Crippen LogP contribution in [-0.4, -0.2) is 15.5 Å². The maximum absolute atomic E-state index is 11.4. The molecule has 2 aromatic rings. The quantitative estimate of drug-likeness (QED) is 0.466. The van der Waals surface area contributed by atoms with Gasteiger partial charge in [-0.05, 0) is 24.6 Å². The van der Waals surface area contributed by atoms with Crippen LogP contribution in [0.1, 0.15) is 21.7 Å². The number of carbonyl (C=O) groups is 1. The third kappa shape index (κ3) is 2.51. The average Bonchev–Trinajstić information content (AvgIpc) is 2.74. The topological polar surface area (TPSA) is 72.9 Å². The first-order chi connectivity index (χ1) is 8.20. The Labute approximate surface area is 99.2 Å². The van der Waals surface area contributed by atoms with Crippen LogP contribution in [-0.2, 0) is 6.54 Å². The molecule has 0 bridgehead atoms. The van der Waals surface area contributed by atoms with Crippen molar-refractivity contribution in [2.45, 2.75) is 13.5 Å². The van der Waals surface area contributed by atoms with E-state index in [-0.39, 0.29) is 5.91 Å². The Bertz CT molecular complexity index is 533. The predicted molar refractivity (Wildman–Crippen MR) is 64.2 cm³/mol. The number of hydrogen-bond acceptors (Lipinski definition) is 3. The van der Waals surface area contributed by atoms with Crippen molar-refractivity contribution in [2.75, 3.05) is 0 Å². The summed E-state index contributed by atoms with van der Waals surface area (Å²) >= 11 is 0. The van der Waals surface area contributed by atoms with Crippen LogP contribution in [0.4, 0.5) is 0 Å². The Morgan fingerprint density at radius 1 is 1.53 bits per heavy atom. The second kappa shape index (κ2) is 4.80. The smallest absolute Gasteiger partial charge is 0.265 e. The molecule has 1 aromatic carbocycles. The zero-order valence-corrected chi connectivity index (χ0v) is 9.55. The highest BCUT2D eigenvalue weighted by Crippen LogP contribution is 2.08. The summed E-state index contributed by atoms with van der Waals surface area (Å²) < 4.78 is 2.01. The number of nitrogens with two attached hydrogens (primary N) is 1. The molecule has 5 heteroatoms. The summed E-state index contributed by atoms with van der Waals surface area (Å²) in [5.74, 6) is 5.76. The number of amides is 1. The van der Waals surface area contributed by atoms with Gasteiger partial charge in [0.15, 0.2) is 0 Å².